The fourth-order valence-corrected chi connectivity index (χ4v) is 2.41. The number of hydrogen-bond acceptors (Lipinski definition) is 2. The Hall–Kier alpha value is -2.36. The van der Waals surface area contributed by atoms with Crippen LogP contribution in [0.25, 0.3) is 11.3 Å². The number of aryl methyl sites for hydroxylation is 1. The fraction of sp³-hybridized carbons (Fsp3) is 0.316. The molecule has 0 atom stereocenters. The van der Waals surface area contributed by atoms with Gasteiger partial charge in [0.2, 0.25) is 5.91 Å². The third-order valence-corrected chi connectivity index (χ3v) is 3.58. The number of amides is 1. The summed E-state index contributed by atoms with van der Waals surface area (Å²) in [4.78, 5) is 14.0. The summed E-state index contributed by atoms with van der Waals surface area (Å²) in [5.41, 5.74) is 1.39. The summed E-state index contributed by atoms with van der Waals surface area (Å²) < 4.78 is 19.4. The SMILES string of the molecule is C=C(C)CN(CC)C(=O)CCc1ccc(-c2ccccc2F)o1. The quantitative estimate of drug-likeness (QED) is 0.708. The Bertz CT molecular complexity index is 690. The van der Waals surface area contributed by atoms with E-state index in [2.05, 4.69) is 6.58 Å². The molecule has 1 amide bonds. The summed E-state index contributed by atoms with van der Waals surface area (Å²) >= 11 is 0. The highest BCUT2D eigenvalue weighted by Gasteiger charge is 2.14. The van der Waals surface area contributed by atoms with Crippen molar-refractivity contribution in [2.24, 2.45) is 0 Å². The number of carbonyl (C=O) groups is 1. The Morgan fingerprint density at radius 3 is 2.65 bits per heavy atom. The third-order valence-electron chi connectivity index (χ3n) is 3.58. The van der Waals surface area contributed by atoms with Crippen LogP contribution in [0.15, 0.2) is 53.0 Å². The highest BCUT2D eigenvalue weighted by Crippen LogP contribution is 2.25. The molecule has 4 heteroatoms. The number of likely N-dealkylation sites (N-methyl/N-ethyl adjacent to an activating group) is 1. The molecule has 0 spiro atoms. The number of benzene rings is 1. The van der Waals surface area contributed by atoms with Crippen LogP contribution in [-0.4, -0.2) is 23.9 Å². The highest BCUT2D eigenvalue weighted by molar-refractivity contribution is 5.76. The van der Waals surface area contributed by atoms with Crippen molar-refractivity contribution in [3.63, 3.8) is 0 Å². The van der Waals surface area contributed by atoms with Crippen LogP contribution in [0, 0.1) is 5.82 Å². The first-order valence-corrected chi connectivity index (χ1v) is 7.77. The molecular weight excluding hydrogens is 293 g/mol. The molecule has 2 aromatic rings. The summed E-state index contributed by atoms with van der Waals surface area (Å²) in [7, 11) is 0. The summed E-state index contributed by atoms with van der Waals surface area (Å²) in [6.45, 7) is 8.93. The van der Waals surface area contributed by atoms with Gasteiger partial charge in [-0.1, -0.05) is 24.3 Å². The average molecular weight is 315 g/mol. The molecule has 3 nitrogen and oxygen atoms in total. The molecule has 0 unspecified atom stereocenters. The zero-order chi connectivity index (χ0) is 16.8. The molecule has 2 rings (SSSR count). The molecule has 23 heavy (non-hydrogen) atoms. The Morgan fingerprint density at radius 2 is 2.00 bits per heavy atom. The van der Waals surface area contributed by atoms with E-state index < -0.39 is 0 Å². The first-order valence-electron chi connectivity index (χ1n) is 7.77. The van der Waals surface area contributed by atoms with Crippen molar-refractivity contribution in [1.82, 2.24) is 4.90 Å². The number of nitrogens with zero attached hydrogens (tertiary/aromatic N) is 1. The van der Waals surface area contributed by atoms with Gasteiger partial charge in [0.25, 0.3) is 0 Å². The zero-order valence-corrected chi connectivity index (χ0v) is 13.6. The van der Waals surface area contributed by atoms with Crippen LogP contribution in [0.4, 0.5) is 4.39 Å². The molecule has 0 aliphatic rings. The molecule has 0 saturated heterocycles. The van der Waals surface area contributed by atoms with Gasteiger partial charge in [-0.05, 0) is 38.1 Å². The lowest BCUT2D eigenvalue weighted by atomic mass is 10.1. The monoisotopic (exact) mass is 315 g/mol. The standard InChI is InChI=1S/C19H22FNO2/c1-4-21(13-14(2)3)19(22)12-10-15-9-11-18(23-15)16-7-5-6-8-17(16)20/h5-9,11H,2,4,10,12-13H2,1,3H3. The lowest BCUT2D eigenvalue weighted by Crippen LogP contribution is -2.32. The number of halogens is 1. The summed E-state index contributed by atoms with van der Waals surface area (Å²) in [5.74, 6) is 0.922. The lowest BCUT2D eigenvalue weighted by molar-refractivity contribution is -0.130. The minimum Gasteiger partial charge on any atom is -0.461 e. The van der Waals surface area contributed by atoms with Gasteiger partial charge in [0, 0.05) is 25.9 Å². The van der Waals surface area contributed by atoms with Crippen molar-refractivity contribution in [1.29, 1.82) is 0 Å². The van der Waals surface area contributed by atoms with Gasteiger partial charge in [-0.2, -0.15) is 0 Å². The second-order valence-corrected chi connectivity index (χ2v) is 5.61. The summed E-state index contributed by atoms with van der Waals surface area (Å²) in [6.07, 6.45) is 0.866. The maximum absolute atomic E-state index is 13.7. The van der Waals surface area contributed by atoms with Crippen LogP contribution < -0.4 is 0 Å². The van der Waals surface area contributed by atoms with Crippen LogP contribution >= 0.6 is 0 Å². The smallest absolute Gasteiger partial charge is 0.223 e. The van der Waals surface area contributed by atoms with E-state index >= 15 is 0 Å². The molecule has 1 aromatic carbocycles. The largest absolute Gasteiger partial charge is 0.461 e. The van der Waals surface area contributed by atoms with Gasteiger partial charge in [0.05, 0.1) is 5.56 Å². The molecule has 0 bridgehead atoms. The fourth-order valence-electron chi connectivity index (χ4n) is 2.41. The minimum absolute atomic E-state index is 0.0688. The van der Waals surface area contributed by atoms with Gasteiger partial charge in [-0.3, -0.25) is 4.79 Å². The zero-order valence-electron chi connectivity index (χ0n) is 13.6. The van der Waals surface area contributed by atoms with E-state index in [1.165, 1.54) is 6.07 Å². The maximum Gasteiger partial charge on any atom is 0.223 e. The Labute approximate surface area is 136 Å². The molecule has 0 aliphatic carbocycles. The average Bonchev–Trinajstić information content (AvgIpc) is 2.99. The van der Waals surface area contributed by atoms with Gasteiger partial charge in [-0.25, -0.2) is 4.39 Å². The molecular formula is C19H22FNO2. The van der Waals surface area contributed by atoms with E-state index in [0.29, 0.717) is 43.0 Å². The Morgan fingerprint density at radius 1 is 1.26 bits per heavy atom. The van der Waals surface area contributed by atoms with Gasteiger partial charge < -0.3 is 9.32 Å². The van der Waals surface area contributed by atoms with Crippen LogP contribution in [0.1, 0.15) is 26.0 Å². The molecule has 0 saturated carbocycles. The minimum atomic E-state index is -0.317. The van der Waals surface area contributed by atoms with Crippen molar-refractivity contribution in [2.45, 2.75) is 26.7 Å². The van der Waals surface area contributed by atoms with Crippen LogP contribution in [0.5, 0.6) is 0 Å². The molecule has 0 radical (unpaired) electrons. The summed E-state index contributed by atoms with van der Waals surface area (Å²) in [5, 5.41) is 0. The molecule has 1 heterocycles. The molecule has 0 N–H and O–H groups in total. The number of furan rings is 1. The maximum atomic E-state index is 13.7. The molecule has 1 aromatic heterocycles. The molecule has 0 fully saturated rings. The van der Waals surface area contributed by atoms with Gasteiger partial charge in [0.15, 0.2) is 0 Å². The van der Waals surface area contributed by atoms with E-state index in [0.717, 1.165) is 5.57 Å². The number of carbonyl (C=O) groups excluding carboxylic acids is 1. The van der Waals surface area contributed by atoms with E-state index in [1.807, 2.05) is 13.8 Å². The topological polar surface area (TPSA) is 33.5 Å². The highest BCUT2D eigenvalue weighted by atomic mass is 19.1. The van der Waals surface area contributed by atoms with E-state index in [4.69, 9.17) is 4.42 Å². The molecule has 0 aliphatic heterocycles. The van der Waals surface area contributed by atoms with Crippen LogP contribution in [0.3, 0.4) is 0 Å². The van der Waals surface area contributed by atoms with Gasteiger partial charge in [-0.15, -0.1) is 0 Å². The van der Waals surface area contributed by atoms with E-state index in [9.17, 15) is 9.18 Å². The van der Waals surface area contributed by atoms with Crippen molar-refractivity contribution >= 4 is 5.91 Å². The summed E-state index contributed by atoms with van der Waals surface area (Å²) in [6, 6.07) is 10.0. The van der Waals surface area contributed by atoms with Crippen LogP contribution in [-0.2, 0) is 11.2 Å². The second kappa shape index (κ2) is 7.77. The number of hydrogen-bond donors (Lipinski definition) is 0. The third kappa shape index (κ3) is 4.55. The number of rotatable bonds is 7. The Kier molecular flexibility index (Phi) is 5.74. The normalized spacial score (nSPS) is 10.6. The van der Waals surface area contributed by atoms with Crippen molar-refractivity contribution in [3.05, 3.63) is 60.1 Å². The van der Waals surface area contributed by atoms with Gasteiger partial charge in [0.1, 0.15) is 17.3 Å². The van der Waals surface area contributed by atoms with Crippen molar-refractivity contribution in [2.75, 3.05) is 13.1 Å². The Balaban J connectivity index is 1.98. The van der Waals surface area contributed by atoms with E-state index in [1.54, 1.807) is 35.2 Å². The van der Waals surface area contributed by atoms with Crippen molar-refractivity contribution < 1.29 is 13.6 Å². The van der Waals surface area contributed by atoms with E-state index in [-0.39, 0.29) is 11.7 Å². The first-order chi connectivity index (χ1) is 11.0. The predicted octanol–water partition coefficient (Wildman–Crippen LogP) is 4.44. The lowest BCUT2D eigenvalue weighted by Gasteiger charge is -2.20. The first kappa shape index (κ1) is 17.0. The van der Waals surface area contributed by atoms with Gasteiger partial charge >= 0.3 is 0 Å². The molecule has 122 valence electrons. The second-order valence-electron chi connectivity index (χ2n) is 5.61. The van der Waals surface area contributed by atoms with Crippen LogP contribution in [0.2, 0.25) is 0 Å². The van der Waals surface area contributed by atoms with Crippen molar-refractivity contribution in [3.8, 4) is 11.3 Å². The predicted molar refractivity (Wildman–Crippen MR) is 89.5 cm³/mol.